The van der Waals surface area contributed by atoms with Crippen LogP contribution >= 0.6 is 0 Å². The zero-order valence-corrected chi connectivity index (χ0v) is 15.6. The Labute approximate surface area is 162 Å². The maximum absolute atomic E-state index is 12.0. The molecule has 28 heavy (non-hydrogen) atoms. The van der Waals surface area contributed by atoms with Crippen LogP contribution in [0.25, 0.3) is 0 Å². The van der Waals surface area contributed by atoms with E-state index in [9.17, 15) is 9.59 Å². The van der Waals surface area contributed by atoms with Crippen LogP contribution < -0.4 is 25.0 Å². The Morgan fingerprint density at radius 1 is 1.07 bits per heavy atom. The van der Waals surface area contributed by atoms with Crippen LogP contribution in [0.4, 0.5) is 5.69 Å². The molecule has 0 aromatic heterocycles. The molecule has 0 heterocycles. The smallest absolute Gasteiger partial charge is 0.329 e. The van der Waals surface area contributed by atoms with E-state index in [1.165, 1.54) is 20.4 Å². The number of rotatable bonds is 8. The van der Waals surface area contributed by atoms with Crippen molar-refractivity contribution in [2.24, 2.45) is 5.10 Å². The molecule has 0 atom stereocenters. The molecule has 0 aliphatic carbocycles. The van der Waals surface area contributed by atoms with E-state index in [0.717, 1.165) is 0 Å². The van der Waals surface area contributed by atoms with Gasteiger partial charge >= 0.3 is 11.8 Å². The van der Waals surface area contributed by atoms with Crippen molar-refractivity contribution in [1.82, 2.24) is 5.43 Å². The summed E-state index contributed by atoms with van der Waals surface area (Å²) in [4.78, 5) is 24.0. The van der Waals surface area contributed by atoms with E-state index in [-0.39, 0.29) is 0 Å². The fourth-order valence-corrected chi connectivity index (χ4v) is 2.14. The number of carbonyl (C=O) groups is 2. The Kier molecular flexibility index (Phi) is 7.59. The first-order valence-corrected chi connectivity index (χ1v) is 8.27. The summed E-state index contributed by atoms with van der Waals surface area (Å²) in [5.41, 5.74) is 3.20. The highest BCUT2D eigenvalue weighted by Gasteiger charge is 2.15. The van der Waals surface area contributed by atoms with Crippen LogP contribution in [0.5, 0.6) is 17.2 Å². The molecular formula is C20H21N3O5. The number of hydrazone groups is 1. The molecule has 8 heteroatoms. The SMILES string of the molecule is C=CCOc1cccc(/C=N\NC(=O)C(=O)Nc2ccc(OC)cc2OC)c1. The molecule has 0 saturated carbocycles. The number of carbonyl (C=O) groups excluding carboxylic acids is 2. The van der Waals surface area contributed by atoms with Crippen molar-refractivity contribution >= 4 is 23.7 Å². The van der Waals surface area contributed by atoms with Gasteiger partial charge in [-0.25, -0.2) is 5.43 Å². The van der Waals surface area contributed by atoms with E-state index in [1.807, 2.05) is 0 Å². The van der Waals surface area contributed by atoms with Crippen LogP contribution in [0.3, 0.4) is 0 Å². The number of nitrogens with zero attached hydrogens (tertiary/aromatic N) is 1. The first kappa shape index (κ1) is 20.5. The summed E-state index contributed by atoms with van der Waals surface area (Å²) in [6.07, 6.45) is 3.04. The van der Waals surface area contributed by atoms with Crippen LogP contribution in [0, 0.1) is 0 Å². The van der Waals surface area contributed by atoms with Crippen LogP contribution in [0.15, 0.2) is 60.2 Å². The average molecular weight is 383 g/mol. The van der Waals surface area contributed by atoms with Crippen molar-refractivity contribution in [2.75, 3.05) is 26.1 Å². The van der Waals surface area contributed by atoms with Crippen molar-refractivity contribution < 1.29 is 23.8 Å². The predicted molar refractivity (Wildman–Crippen MR) is 106 cm³/mol. The molecule has 146 valence electrons. The number of benzene rings is 2. The monoisotopic (exact) mass is 383 g/mol. The van der Waals surface area contributed by atoms with E-state index in [4.69, 9.17) is 14.2 Å². The third-order valence-electron chi connectivity index (χ3n) is 3.47. The van der Waals surface area contributed by atoms with Crippen LogP contribution in [0.1, 0.15) is 5.56 Å². The van der Waals surface area contributed by atoms with Gasteiger partial charge < -0.3 is 19.5 Å². The van der Waals surface area contributed by atoms with Gasteiger partial charge in [0, 0.05) is 6.07 Å². The van der Waals surface area contributed by atoms with E-state index in [1.54, 1.807) is 48.5 Å². The van der Waals surface area contributed by atoms with Gasteiger partial charge in [0.25, 0.3) is 0 Å². The summed E-state index contributed by atoms with van der Waals surface area (Å²) in [6, 6.07) is 11.9. The summed E-state index contributed by atoms with van der Waals surface area (Å²) in [5, 5.41) is 6.24. The minimum absolute atomic E-state index is 0.333. The molecule has 0 aliphatic heterocycles. The Morgan fingerprint density at radius 2 is 1.89 bits per heavy atom. The number of nitrogens with one attached hydrogen (secondary N) is 2. The molecule has 2 amide bonds. The first-order valence-electron chi connectivity index (χ1n) is 8.27. The van der Waals surface area contributed by atoms with Gasteiger partial charge in [-0.1, -0.05) is 24.8 Å². The van der Waals surface area contributed by atoms with Gasteiger partial charge in [-0.05, 0) is 29.8 Å². The fourth-order valence-electron chi connectivity index (χ4n) is 2.14. The molecule has 0 aliphatic rings. The Hall–Kier alpha value is -3.81. The van der Waals surface area contributed by atoms with Gasteiger partial charge in [0.05, 0.1) is 26.1 Å². The second kappa shape index (κ2) is 10.4. The van der Waals surface area contributed by atoms with E-state index in [0.29, 0.717) is 35.1 Å². The molecular weight excluding hydrogens is 362 g/mol. The van der Waals surface area contributed by atoms with Gasteiger partial charge in [0.15, 0.2) is 0 Å². The number of hydrogen-bond acceptors (Lipinski definition) is 6. The van der Waals surface area contributed by atoms with Gasteiger partial charge in [-0.3, -0.25) is 9.59 Å². The molecule has 2 aromatic rings. The summed E-state index contributed by atoms with van der Waals surface area (Å²) >= 11 is 0. The largest absolute Gasteiger partial charge is 0.497 e. The number of amides is 2. The van der Waals surface area contributed by atoms with Gasteiger partial charge in [-0.15, -0.1) is 0 Å². The normalized spacial score (nSPS) is 10.2. The fraction of sp³-hybridized carbons (Fsp3) is 0.150. The quantitative estimate of drug-likeness (QED) is 0.316. The zero-order valence-electron chi connectivity index (χ0n) is 15.6. The van der Waals surface area contributed by atoms with Crippen molar-refractivity contribution in [2.45, 2.75) is 0 Å². The molecule has 0 radical (unpaired) electrons. The minimum Gasteiger partial charge on any atom is -0.497 e. The van der Waals surface area contributed by atoms with E-state index < -0.39 is 11.8 Å². The maximum atomic E-state index is 12.0. The summed E-state index contributed by atoms with van der Waals surface area (Å²) in [6.45, 7) is 3.96. The third kappa shape index (κ3) is 5.87. The minimum atomic E-state index is -0.923. The maximum Gasteiger partial charge on any atom is 0.329 e. The lowest BCUT2D eigenvalue weighted by Gasteiger charge is -2.10. The lowest BCUT2D eigenvalue weighted by Crippen LogP contribution is -2.32. The summed E-state index contributed by atoms with van der Waals surface area (Å²) in [7, 11) is 2.96. The van der Waals surface area contributed by atoms with Crippen molar-refractivity contribution in [3.8, 4) is 17.2 Å². The molecule has 0 spiro atoms. The predicted octanol–water partition coefficient (Wildman–Crippen LogP) is 2.36. The molecule has 2 aromatic carbocycles. The molecule has 2 rings (SSSR count). The molecule has 0 fully saturated rings. The summed E-state index contributed by atoms with van der Waals surface area (Å²) < 4.78 is 15.7. The number of anilines is 1. The highest BCUT2D eigenvalue weighted by Crippen LogP contribution is 2.28. The average Bonchev–Trinajstić information content (AvgIpc) is 2.72. The zero-order chi connectivity index (χ0) is 20.4. The van der Waals surface area contributed by atoms with Crippen molar-refractivity contribution in [3.05, 3.63) is 60.7 Å². The van der Waals surface area contributed by atoms with E-state index in [2.05, 4.69) is 22.4 Å². The number of ether oxygens (including phenoxy) is 3. The second-order valence-corrected chi connectivity index (χ2v) is 5.39. The first-order chi connectivity index (χ1) is 13.6. The number of hydrogen-bond donors (Lipinski definition) is 2. The van der Waals surface area contributed by atoms with E-state index >= 15 is 0 Å². The topological polar surface area (TPSA) is 98.2 Å². The van der Waals surface area contributed by atoms with Crippen LogP contribution in [0.2, 0.25) is 0 Å². The molecule has 0 bridgehead atoms. The Balaban J connectivity index is 1.95. The lowest BCUT2D eigenvalue weighted by atomic mass is 10.2. The molecule has 0 saturated heterocycles. The standard InChI is InChI=1S/C20H21N3O5/c1-4-10-28-16-7-5-6-14(11-16)13-21-23-20(25)19(24)22-17-9-8-15(26-2)12-18(17)27-3/h4-9,11-13H,1,10H2,2-3H3,(H,22,24)(H,23,25)/b21-13-. The Morgan fingerprint density at radius 3 is 2.61 bits per heavy atom. The van der Waals surface area contributed by atoms with Crippen LogP contribution in [-0.2, 0) is 9.59 Å². The second-order valence-electron chi connectivity index (χ2n) is 5.39. The van der Waals surface area contributed by atoms with Crippen LogP contribution in [-0.4, -0.2) is 38.9 Å². The molecule has 0 unspecified atom stereocenters. The van der Waals surface area contributed by atoms with Gasteiger partial charge in [0.2, 0.25) is 0 Å². The highest BCUT2D eigenvalue weighted by molar-refractivity contribution is 6.39. The third-order valence-corrected chi connectivity index (χ3v) is 3.47. The van der Waals surface area contributed by atoms with Gasteiger partial charge in [-0.2, -0.15) is 5.10 Å². The summed E-state index contributed by atoms with van der Waals surface area (Å²) in [5.74, 6) is -0.250. The molecule has 8 nitrogen and oxygen atoms in total. The highest BCUT2D eigenvalue weighted by atomic mass is 16.5. The molecule has 2 N–H and O–H groups in total. The van der Waals surface area contributed by atoms with Crippen molar-refractivity contribution in [3.63, 3.8) is 0 Å². The lowest BCUT2D eigenvalue weighted by molar-refractivity contribution is -0.136. The van der Waals surface area contributed by atoms with Crippen molar-refractivity contribution in [1.29, 1.82) is 0 Å². The van der Waals surface area contributed by atoms with Gasteiger partial charge in [0.1, 0.15) is 23.9 Å². The Bertz CT molecular complexity index is 880. The number of methoxy groups -OCH3 is 2.